The van der Waals surface area contributed by atoms with Gasteiger partial charge in [0.25, 0.3) is 5.91 Å². The van der Waals surface area contributed by atoms with Crippen molar-refractivity contribution in [2.75, 3.05) is 46.1 Å². The van der Waals surface area contributed by atoms with Crippen LogP contribution in [0.3, 0.4) is 0 Å². The number of morpholine rings is 1. The van der Waals surface area contributed by atoms with Crippen LogP contribution >= 0.6 is 0 Å². The third-order valence-electron chi connectivity index (χ3n) is 7.95. The van der Waals surface area contributed by atoms with Gasteiger partial charge in [0.2, 0.25) is 0 Å². The molecule has 2 fully saturated rings. The maximum absolute atomic E-state index is 13.5. The second-order valence-electron chi connectivity index (χ2n) is 10.8. The summed E-state index contributed by atoms with van der Waals surface area (Å²) < 4.78 is 13.3. The van der Waals surface area contributed by atoms with Crippen LogP contribution in [0.1, 0.15) is 60.4 Å². The molecule has 7 nitrogen and oxygen atoms in total. The van der Waals surface area contributed by atoms with E-state index in [4.69, 9.17) is 14.6 Å². The van der Waals surface area contributed by atoms with Gasteiger partial charge in [-0.25, -0.2) is 0 Å². The van der Waals surface area contributed by atoms with Crippen LogP contribution in [0.25, 0.3) is 0 Å². The first-order valence-electron chi connectivity index (χ1n) is 13.4. The van der Waals surface area contributed by atoms with Crippen molar-refractivity contribution in [2.45, 2.75) is 64.0 Å². The van der Waals surface area contributed by atoms with Crippen LogP contribution in [0.4, 0.5) is 0 Å². The first-order chi connectivity index (χ1) is 17.1. The average molecular weight is 481 g/mol. The van der Waals surface area contributed by atoms with Crippen molar-refractivity contribution in [2.24, 2.45) is 5.92 Å². The highest BCUT2D eigenvalue weighted by Gasteiger charge is 2.36. The number of aromatic nitrogens is 2. The summed E-state index contributed by atoms with van der Waals surface area (Å²) in [5, 5.41) is 8.82. The number of nitrogens with one attached hydrogen (secondary N) is 1. The van der Waals surface area contributed by atoms with Gasteiger partial charge in [-0.1, -0.05) is 44.2 Å². The van der Waals surface area contributed by atoms with E-state index < -0.39 is 0 Å². The van der Waals surface area contributed by atoms with Gasteiger partial charge in [0.1, 0.15) is 0 Å². The molecule has 2 saturated heterocycles. The maximum Gasteiger partial charge on any atom is 0.274 e. The summed E-state index contributed by atoms with van der Waals surface area (Å²) in [6, 6.07) is 11.3. The van der Waals surface area contributed by atoms with Gasteiger partial charge in [0.15, 0.2) is 5.69 Å². The van der Waals surface area contributed by atoms with Crippen LogP contribution in [0.15, 0.2) is 30.3 Å². The molecular formula is C28H40N4O3. The number of carbonyl (C=O) groups excluding carboxylic acids is 1. The quantitative estimate of drug-likeness (QED) is 0.659. The summed E-state index contributed by atoms with van der Waals surface area (Å²) in [5.74, 6) is 0.554. The zero-order chi connectivity index (χ0) is 24.3. The van der Waals surface area contributed by atoms with Crippen molar-refractivity contribution in [3.05, 3.63) is 52.8 Å². The molecule has 2 aliphatic heterocycles. The molecule has 0 saturated carbocycles. The van der Waals surface area contributed by atoms with Crippen LogP contribution in [0, 0.1) is 5.92 Å². The van der Waals surface area contributed by atoms with Crippen molar-refractivity contribution >= 4 is 5.91 Å². The van der Waals surface area contributed by atoms with Crippen LogP contribution in [-0.2, 0) is 34.3 Å². The Kier molecular flexibility index (Phi) is 7.56. The molecule has 3 aliphatic rings. The molecule has 35 heavy (non-hydrogen) atoms. The Labute approximate surface area is 209 Å². The molecule has 1 aromatic carbocycles. The minimum atomic E-state index is 0.0675. The fraction of sp³-hybridized carbons (Fsp3) is 0.643. The van der Waals surface area contributed by atoms with Gasteiger partial charge in [0, 0.05) is 62.1 Å². The summed E-state index contributed by atoms with van der Waals surface area (Å²) in [5.41, 5.74) is 4.59. The summed E-state index contributed by atoms with van der Waals surface area (Å²) in [6.07, 6.45) is 4.97. The van der Waals surface area contributed by atoms with E-state index in [-0.39, 0.29) is 11.3 Å². The van der Waals surface area contributed by atoms with E-state index in [0.29, 0.717) is 44.0 Å². The topological polar surface area (TPSA) is 68.6 Å². The largest absolute Gasteiger partial charge is 0.381 e. The molecule has 0 unspecified atom stereocenters. The highest BCUT2D eigenvalue weighted by molar-refractivity contribution is 5.94. The van der Waals surface area contributed by atoms with Crippen molar-refractivity contribution in [1.29, 1.82) is 0 Å². The molecule has 190 valence electrons. The second-order valence-corrected chi connectivity index (χ2v) is 10.8. The summed E-state index contributed by atoms with van der Waals surface area (Å²) >= 11 is 0. The number of ether oxygens (including phenoxy) is 2. The SMILES string of the molecule is CC(C)Cn1nc(C(=O)N2CCOCC2)c2c1CC[C@H](NCC1(c3ccccc3)CCOCC1)C2. The Balaban J connectivity index is 1.35. The van der Waals surface area contributed by atoms with E-state index in [1.54, 1.807) is 0 Å². The number of carbonyl (C=O) groups is 1. The Bertz CT molecular complexity index is 991. The molecule has 3 heterocycles. The van der Waals surface area contributed by atoms with E-state index in [2.05, 4.69) is 54.2 Å². The van der Waals surface area contributed by atoms with Gasteiger partial charge in [-0.2, -0.15) is 5.10 Å². The predicted molar refractivity (Wildman–Crippen MR) is 136 cm³/mol. The van der Waals surface area contributed by atoms with E-state index in [1.807, 2.05) is 4.90 Å². The fourth-order valence-corrected chi connectivity index (χ4v) is 5.91. The molecule has 0 spiro atoms. The number of fused-ring (bicyclic) bond motifs is 1. The average Bonchev–Trinajstić information content (AvgIpc) is 3.25. The molecular weight excluding hydrogens is 440 g/mol. The highest BCUT2D eigenvalue weighted by Crippen LogP contribution is 2.35. The van der Waals surface area contributed by atoms with Gasteiger partial charge >= 0.3 is 0 Å². The van der Waals surface area contributed by atoms with Crippen LogP contribution in [0.2, 0.25) is 0 Å². The van der Waals surface area contributed by atoms with Gasteiger partial charge < -0.3 is 19.7 Å². The lowest BCUT2D eigenvalue weighted by molar-refractivity contribution is 0.0297. The molecule has 7 heteroatoms. The Morgan fingerprint density at radius 2 is 1.83 bits per heavy atom. The van der Waals surface area contributed by atoms with Crippen molar-refractivity contribution in [3.63, 3.8) is 0 Å². The third kappa shape index (κ3) is 5.32. The van der Waals surface area contributed by atoms with Gasteiger partial charge in [0.05, 0.1) is 13.2 Å². The van der Waals surface area contributed by atoms with Crippen LogP contribution in [0.5, 0.6) is 0 Å². The van der Waals surface area contributed by atoms with Crippen molar-refractivity contribution in [3.8, 4) is 0 Å². The smallest absolute Gasteiger partial charge is 0.274 e. The lowest BCUT2D eigenvalue weighted by atomic mass is 9.73. The molecule has 1 atom stereocenters. The molecule has 0 bridgehead atoms. The lowest BCUT2D eigenvalue weighted by Crippen LogP contribution is -2.47. The molecule has 0 radical (unpaired) electrons. The van der Waals surface area contributed by atoms with Gasteiger partial charge in [-0.3, -0.25) is 9.48 Å². The van der Waals surface area contributed by atoms with E-state index in [0.717, 1.165) is 64.0 Å². The predicted octanol–water partition coefficient (Wildman–Crippen LogP) is 3.21. The highest BCUT2D eigenvalue weighted by atomic mass is 16.5. The zero-order valence-corrected chi connectivity index (χ0v) is 21.3. The first kappa shape index (κ1) is 24.5. The monoisotopic (exact) mass is 480 g/mol. The van der Waals surface area contributed by atoms with E-state index in [1.165, 1.54) is 11.3 Å². The van der Waals surface area contributed by atoms with Gasteiger partial charge in [-0.15, -0.1) is 0 Å². The maximum atomic E-state index is 13.5. The standard InChI is InChI=1S/C28H40N4O3/c1-21(2)19-32-25-9-8-23(18-24(25)26(30-32)27(33)31-12-16-35-17-13-31)29-20-28(10-14-34-15-11-28)22-6-4-3-5-7-22/h3-7,21,23,29H,8-20H2,1-2H3/t23-/m0/s1. The zero-order valence-electron chi connectivity index (χ0n) is 21.3. The summed E-state index contributed by atoms with van der Waals surface area (Å²) in [6.45, 7) is 10.3. The number of benzene rings is 1. The summed E-state index contributed by atoms with van der Waals surface area (Å²) in [7, 11) is 0. The second kappa shape index (κ2) is 10.8. The minimum Gasteiger partial charge on any atom is -0.381 e. The van der Waals surface area contributed by atoms with Crippen LogP contribution in [-0.4, -0.2) is 72.7 Å². The lowest BCUT2D eigenvalue weighted by Gasteiger charge is -2.39. The number of rotatable bonds is 7. The number of nitrogens with zero attached hydrogens (tertiary/aromatic N) is 3. The Morgan fingerprint density at radius 3 is 2.54 bits per heavy atom. The van der Waals surface area contributed by atoms with Crippen molar-refractivity contribution < 1.29 is 14.3 Å². The minimum absolute atomic E-state index is 0.0675. The molecule has 1 aromatic heterocycles. The molecule has 1 aliphatic carbocycles. The molecule has 5 rings (SSSR count). The Hall–Kier alpha value is -2.22. The molecule has 2 aromatic rings. The number of amides is 1. The summed E-state index contributed by atoms with van der Waals surface area (Å²) in [4.78, 5) is 15.4. The molecule has 1 N–H and O–H groups in total. The number of hydrogen-bond donors (Lipinski definition) is 1. The molecule has 1 amide bonds. The van der Waals surface area contributed by atoms with Crippen LogP contribution < -0.4 is 5.32 Å². The Morgan fingerprint density at radius 1 is 1.11 bits per heavy atom. The third-order valence-corrected chi connectivity index (χ3v) is 7.95. The van der Waals surface area contributed by atoms with Crippen molar-refractivity contribution in [1.82, 2.24) is 20.0 Å². The van der Waals surface area contributed by atoms with E-state index >= 15 is 0 Å². The van der Waals surface area contributed by atoms with E-state index in [9.17, 15) is 4.79 Å². The van der Waals surface area contributed by atoms with Gasteiger partial charge in [-0.05, 0) is 43.6 Å². The normalized spacial score (nSPS) is 22.3. The fourth-order valence-electron chi connectivity index (χ4n) is 5.91. The number of hydrogen-bond acceptors (Lipinski definition) is 5. The first-order valence-corrected chi connectivity index (χ1v) is 13.4.